The van der Waals surface area contributed by atoms with E-state index in [9.17, 15) is 58.5 Å². The number of phosphoric acid groups is 2. The van der Waals surface area contributed by atoms with Crippen LogP contribution in [0.2, 0.25) is 0 Å². The number of unbranched alkanes of at least 4 members (excludes halogenated alkanes) is 14. The summed E-state index contributed by atoms with van der Waals surface area (Å²) in [5, 5.41) is 45.7. The molecule has 0 aromatic carbocycles. The van der Waals surface area contributed by atoms with Crippen molar-refractivity contribution < 1.29 is 81.3 Å². The molecule has 408 valence electrons. The molecule has 71 heavy (non-hydrogen) atoms. The number of hydrogen-bond acceptors (Lipinski definition) is 18. The smallest absolute Gasteiger partial charge is 0.462 e. The molecule has 8 N–H and O–H groups in total. The van der Waals surface area contributed by atoms with Crippen LogP contribution in [0.15, 0.2) is 29.2 Å². The molecule has 21 nitrogen and oxygen atoms in total. The van der Waals surface area contributed by atoms with Gasteiger partial charge in [-0.05, 0) is 31.7 Å². The lowest BCUT2D eigenvalue weighted by molar-refractivity contribution is -0.188. The van der Waals surface area contributed by atoms with Gasteiger partial charge in [0.05, 0.1) is 37.4 Å². The van der Waals surface area contributed by atoms with Gasteiger partial charge in [0.15, 0.2) is 6.10 Å². The maximum absolute atomic E-state index is 14.0. The lowest BCUT2D eigenvalue weighted by atomic mass is 9.83. The number of carbonyl (C=O) groups is 3. The maximum Gasteiger partial charge on any atom is 0.481 e. The van der Waals surface area contributed by atoms with Crippen LogP contribution in [0.5, 0.6) is 0 Å². The van der Waals surface area contributed by atoms with Crippen molar-refractivity contribution in [3.63, 3.8) is 0 Å². The van der Waals surface area contributed by atoms with Crippen molar-refractivity contribution in [1.82, 2.24) is 9.55 Å². The molecule has 2 aliphatic rings. The van der Waals surface area contributed by atoms with Crippen LogP contribution in [0, 0.1) is 11.8 Å². The van der Waals surface area contributed by atoms with Crippen molar-refractivity contribution in [2.24, 2.45) is 11.8 Å². The number of hydrogen-bond donors (Lipinski definition) is 7. The number of nitrogens with zero attached hydrogens (tertiary/aromatic N) is 2. The van der Waals surface area contributed by atoms with E-state index in [0.29, 0.717) is 44.9 Å². The Morgan fingerprint density at radius 1 is 0.831 bits per heavy atom. The van der Waals surface area contributed by atoms with Gasteiger partial charge in [-0.3, -0.25) is 28.0 Å². The summed E-state index contributed by atoms with van der Waals surface area (Å²) in [7, 11) is -11.3. The van der Waals surface area contributed by atoms with Crippen LogP contribution in [0.25, 0.3) is 0 Å². The summed E-state index contributed by atoms with van der Waals surface area (Å²) >= 11 is 0. The Morgan fingerprint density at radius 3 is 2.06 bits per heavy atom. The summed E-state index contributed by atoms with van der Waals surface area (Å²) in [5.74, 6) is -5.03. The van der Waals surface area contributed by atoms with Gasteiger partial charge in [-0.1, -0.05) is 142 Å². The number of ether oxygens (including phenoxy) is 3. The first-order valence-electron chi connectivity index (χ1n) is 25.8. The summed E-state index contributed by atoms with van der Waals surface area (Å²) in [6, 6.07) is 1.24. The van der Waals surface area contributed by atoms with Gasteiger partial charge < -0.3 is 50.2 Å². The molecule has 2 bridgehead atoms. The maximum atomic E-state index is 14.0. The number of carbonyl (C=O) groups excluding carboxylic acids is 3. The van der Waals surface area contributed by atoms with Gasteiger partial charge in [-0.2, -0.15) is 9.29 Å². The van der Waals surface area contributed by atoms with E-state index in [1.54, 1.807) is 0 Å². The molecule has 0 spiro atoms. The second kappa shape index (κ2) is 33.8. The summed E-state index contributed by atoms with van der Waals surface area (Å²) in [4.78, 5) is 78.1. The molecule has 11 atom stereocenters. The predicted octanol–water partition coefficient (Wildman–Crippen LogP) is 7.04. The Morgan fingerprint density at radius 2 is 1.42 bits per heavy atom. The molecule has 0 aliphatic carbocycles. The molecule has 2 saturated heterocycles. The monoisotopic (exact) mass is 1050 g/mol. The summed E-state index contributed by atoms with van der Waals surface area (Å²) in [6.07, 6.45) is 9.84. The highest BCUT2D eigenvalue weighted by molar-refractivity contribution is 7.61. The second-order valence-electron chi connectivity index (χ2n) is 18.8. The SMILES string of the molecule is CCCCCCCCCCCCCCCC(=O)O[C@@H]1COC(=O)CCCCCC[C@@H]2[C@H](n3ccc(N)nc3=O)O[C@H](COP(=O)(O)OP(=O)(O)OC1)[C@@H](O)[C@@H](O)[C@@H](/C=C/[C@@H](O)CCCCC)C(=O)C[C@@H]2O. The molecule has 0 saturated carbocycles. The minimum absolute atomic E-state index is 0.00732. The van der Waals surface area contributed by atoms with Crippen LogP contribution in [0.4, 0.5) is 5.82 Å². The highest BCUT2D eigenvalue weighted by Gasteiger charge is 2.45. The normalized spacial score (nSPS) is 29.8. The third kappa shape index (κ3) is 24.8. The summed E-state index contributed by atoms with van der Waals surface area (Å²) in [6.45, 7) is 1.48. The zero-order chi connectivity index (χ0) is 52.2. The van der Waals surface area contributed by atoms with E-state index in [1.807, 2.05) is 6.92 Å². The van der Waals surface area contributed by atoms with Crippen LogP contribution >= 0.6 is 15.6 Å². The van der Waals surface area contributed by atoms with Crippen molar-refractivity contribution in [2.45, 2.75) is 217 Å². The van der Waals surface area contributed by atoms with Gasteiger partial charge in [0.1, 0.15) is 36.6 Å². The molecule has 23 heteroatoms. The fraction of sp³-hybridized carbons (Fsp3) is 0.812. The van der Waals surface area contributed by atoms with Crippen LogP contribution in [0.3, 0.4) is 0 Å². The van der Waals surface area contributed by atoms with E-state index in [1.165, 1.54) is 75.8 Å². The average molecular weight is 1050 g/mol. The van der Waals surface area contributed by atoms with Crippen molar-refractivity contribution in [2.75, 3.05) is 25.6 Å². The van der Waals surface area contributed by atoms with Gasteiger partial charge in [0.25, 0.3) is 0 Å². The number of nitrogens with two attached hydrogens (primary N) is 1. The van der Waals surface area contributed by atoms with Gasteiger partial charge in [0.2, 0.25) is 0 Å². The first-order valence-corrected chi connectivity index (χ1v) is 28.8. The molecule has 0 amide bonds. The summed E-state index contributed by atoms with van der Waals surface area (Å²) < 4.78 is 59.0. The van der Waals surface area contributed by atoms with Crippen molar-refractivity contribution in [3.05, 3.63) is 34.9 Å². The number of aromatic nitrogens is 2. The van der Waals surface area contributed by atoms with Crippen molar-refractivity contribution in [3.8, 4) is 0 Å². The average Bonchev–Trinajstić information content (AvgIpc) is 3.30. The minimum atomic E-state index is -5.71. The van der Waals surface area contributed by atoms with E-state index in [-0.39, 0.29) is 25.1 Å². The van der Waals surface area contributed by atoms with E-state index in [0.717, 1.165) is 43.1 Å². The molecular formula is C48H83N3O18P2. The lowest BCUT2D eigenvalue weighted by Gasteiger charge is -2.39. The highest BCUT2D eigenvalue weighted by Crippen LogP contribution is 2.60. The van der Waals surface area contributed by atoms with Crippen LogP contribution < -0.4 is 11.4 Å². The van der Waals surface area contributed by atoms with Crippen LogP contribution in [0.1, 0.15) is 181 Å². The zero-order valence-corrected chi connectivity index (χ0v) is 43.5. The van der Waals surface area contributed by atoms with Crippen molar-refractivity contribution >= 4 is 39.2 Å². The number of aliphatic hydroxyl groups is 4. The minimum Gasteiger partial charge on any atom is -0.462 e. The molecule has 1 aromatic rings. The topological polar surface area (TPSA) is 323 Å². The van der Waals surface area contributed by atoms with E-state index in [4.69, 9.17) is 29.0 Å². The molecular weight excluding hydrogens is 968 g/mol. The van der Waals surface area contributed by atoms with E-state index in [2.05, 4.69) is 16.2 Å². The molecule has 1 aromatic heterocycles. The Kier molecular flexibility index (Phi) is 29.7. The van der Waals surface area contributed by atoms with E-state index < -0.39 is 120 Å². The highest BCUT2D eigenvalue weighted by atomic mass is 31.3. The van der Waals surface area contributed by atoms with E-state index >= 15 is 0 Å². The fourth-order valence-electron chi connectivity index (χ4n) is 8.63. The Hall–Kier alpha value is -2.91. The number of cyclic esters (lactones) is 1. The fourth-order valence-corrected chi connectivity index (χ4v) is 10.7. The third-order valence-electron chi connectivity index (χ3n) is 12.7. The Labute approximate surface area is 418 Å². The molecule has 2 aliphatic heterocycles. The third-order valence-corrected chi connectivity index (χ3v) is 15.3. The number of aliphatic hydroxyl groups excluding tert-OH is 4. The number of ketones is 1. The number of esters is 2. The zero-order valence-electron chi connectivity index (χ0n) is 41.8. The Bertz CT molecular complexity index is 1910. The number of nitrogen functional groups attached to an aromatic ring is 1. The van der Waals surface area contributed by atoms with Gasteiger partial charge in [-0.15, -0.1) is 0 Å². The number of anilines is 1. The molecule has 3 rings (SSSR count). The Balaban J connectivity index is 1.83. The quantitative estimate of drug-likeness (QED) is 0.0265. The molecule has 2 fully saturated rings. The number of fused-ring (bicyclic) bond motifs is 3. The van der Waals surface area contributed by atoms with Crippen molar-refractivity contribution in [1.29, 1.82) is 0 Å². The van der Waals surface area contributed by atoms with Gasteiger partial charge in [-0.25, -0.2) is 13.9 Å². The number of rotatable bonds is 22. The van der Waals surface area contributed by atoms with Crippen LogP contribution in [-0.2, 0) is 51.1 Å². The standard InChI is InChI=1S/C48H83N3O18P2/c1-3-5-7-8-9-10-11-12-13-14-15-16-22-26-44(56)67-36-32-64-43(55)25-21-18-17-20-24-38-40(54)31-39(53)37(28-27-35(52)23-19-6-4-2)45(57)46(58)41(34-66-71(62,63)69-70(60,61)65-33-36)68-47(38)51-30-29-42(49)50-48(51)59/h27-30,35-38,40-41,45-47,52,54,57-58H,3-26,31-34H2,1-2H3,(H,60,61)(H,62,63)(H2,49,50,59)/b28-27+/t35-,36+,37-,38-,40-,41+,45-,46+,47+/m0/s1. The van der Waals surface area contributed by atoms with Crippen LogP contribution in [-0.4, -0.2) is 114 Å². The number of Topliss-reactive ketones (excluding diaryl/α,β-unsaturated/α-hetero) is 1. The molecule has 2 unspecified atom stereocenters. The second-order valence-corrected chi connectivity index (χ2v) is 21.9. The summed E-state index contributed by atoms with van der Waals surface area (Å²) in [5.41, 5.74) is 4.78. The predicted molar refractivity (Wildman–Crippen MR) is 262 cm³/mol. The first-order chi connectivity index (χ1) is 33.9. The largest absolute Gasteiger partial charge is 0.481 e. The molecule has 0 radical (unpaired) electrons. The van der Waals surface area contributed by atoms with Gasteiger partial charge in [0, 0.05) is 31.4 Å². The number of phosphoric ester groups is 2. The molecule has 3 heterocycles. The van der Waals surface area contributed by atoms with Gasteiger partial charge >= 0.3 is 33.3 Å². The lowest BCUT2D eigenvalue weighted by Crippen LogP contribution is -2.51. The first kappa shape index (κ1) is 62.4.